The molecule has 2 aromatic rings. The number of carbonyl (C=O) groups excluding carboxylic acids is 2. The molecule has 5 heteroatoms. The van der Waals surface area contributed by atoms with Crippen molar-refractivity contribution in [3.8, 4) is 0 Å². The van der Waals surface area contributed by atoms with Crippen molar-refractivity contribution in [3.63, 3.8) is 0 Å². The highest BCUT2D eigenvalue weighted by Crippen LogP contribution is 2.20. The highest BCUT2D eigenvalue weighted by molar-refractivity contribution is 6.33. The zero-order chi connectivity index (χ0) is 15.9. The van der Waals surface area contributed by atoms with Crippen molar-refractivity contribution in [2.45, 2.75) is 13.5 Å². The fourth-order valence-electron chi connectivity index (χ4n) is 1.82. The summed E-state index contributed by atoms with van der Waals surface area (Å²) < 4.78 is 10.1. The van der Waals surface area contributed by atoms with Crippen LogP contribution >= 0.6 is 11.6 Å². The van der Waals surface area contributed by atoms with Gasteiger partial charge in [-0.25, -0.2) is 9.59 Å². The molecule has 4 nitrogen and oxygen atoms in total. The van der Waals surface area contributed by atoms with E-state index in [4.69, 9.17) is 21.1 Å². The van der Waals surface area contributed by atoms with Gasteiger partial charge in [-0.15, -0.1) is 0 Å². The number of esters is 2. The quantitative estimate of drug-likeness (QED) is 0.785. The summed E-state index contributed by atoms with van der Waals surface area (Å²) in [6.07, 6.45) is 0. The maximum absolute atomic E-state index is 12.0. The molecule has 0 radical (unpaired) electrons. The Bertz CT molecular complexity index is 668. The van der Waals surface area contributed by atoms with Crippen LogP contribution in [0.3, 0.4) is 0 Å². The largest absolute Gasteiger partial charge is 0.462 e. The first-order valence-corrected chi connectivity index (χ1v) is 7.17. The van der Waals surface area contributed by atoms with Crippen LogP contribution in [0.25, 0.3) is 0 Å². The Hall–Kier alpha value is -2.33. The third-order valence-electron chi connectivity index (χ3n) is 2.91. The summed E-state index contributed by atoms with van der Waals surface area (Å²) >= 11 is 6.01. The van der Waals surface area contributed by atoms with Gasteiger partial charge in [-0.2, -0.15) is 0 Å². The molecule has 0 heterocycles. The van der Waals surface area contributed by atoms with E-state index in [1.54, 1.807) is 6.92 Å². The molecule has 0 atom stereocenters. The molecule has 22 heavy (non-hydrogen) atoms. The van der Waals surface area contributed by atoms with Crippen LogP contribution in [0, 0.1) is 0 Å². The molecule has 0 bridgehead atoms. The summed E-state index contributed by atoms with van der Waals surface area (Å²) in [5.41, 5.74) is 1.40. The van der Waals surface area contributed by atoms with Crippen LogP contribution in [-0.2, 0) is 16.1 Å². The fraction of sp³-hybridized carbons (Fsp3) is 0.176. The number of rotatable bonds is 5. The minimum absolute atomic E-state index is 0.160. The minimum atomic E-state index is -0.517. The number of carbonyl (C=O) groups is 2. The predicted octanol–water partition coefficient (Wildman–Crippen LogP) is 3.87. The lowest BCUT2D eigenvalue weighted by Gasteiger charge is -2.07. The lowest BCUT2D eigenvalue weighted by Crippen LogP contribution is -2.08. The van der Waals surface area contributed by atoms with Crippen LogP contribution in [0.5, 0.6) is 0 Å². The maximum Gasteiger partial charge on any atom is 0.339 e. The van der Waals surface area contributed by atoms with Gasteiger partial charge in [0.25, 0.3) is 0 Å². The zero-order valence-corrected chi connectivity index (χ0v) is 12.8. The van der Waals surface area contributed by atoms with Crippen molar-refractivity contribution >= 4 is 23.5 Å². The van der Waals surface area contributed by atoms with Crippen LogP contribution in [0.4, 0.5) is 0 Å². The molecule has 2 aromatic carbocycles. The van der Waals surface area contributed by atoms with Gasteiger partial charge in [-0.05, 0) is 30.7 Å². The highest BCUT2D eigenvalue weighted by atomic mass is 35.5. The van der Waals surface area contributed by atoms with Crippen LogP contribution in [0.2, 0.25) is 5.02 Å². The topological polar surface area (TPSA) is 52.6 Å². The number of benzene rings is 2. The molecule has 0 unspecified atom stereocenters. The van der Waals surface area contributed by atoms with E-state index in [2.05, 4.69) is 0 Å². The van der Waals surface area contributed by atoms with Crippen molar-refractivity contribution < 1.29 is 19.1 Å². The molecule has 0 aromatic heterocycles. The summed E-state index contributed by atoms with van der Waals surface area (Å²) in [4.78, 5) is 23.6. The normalized spacial score (nSPS) is 10.1. The molecule has 0 saturated heterocycles. The van der Waals surface area contributed by atoms with Gasteiger partial charge in [0.15, 0.2) is 0 Å². The van der Waals surface area contributed by atoms with E-state index in [0.717, 1.165) is 5.56 Å². The van der Waals surface area contributed by atoms with E-state index in [1.165, 1.54) is 18.2 Å². The van der Waals surface area contributed by atoms with Crippen molar-refractivity contribution in [1.29, 1.82) is 0 Å². The summed E-state index contributed by atoms with van der Waals surface area (Å²) in [5, 5.41) is 0.160. The third-order valence-corrected chi connectivity index (χ3v) is 3.23. The molecular formula is C17H15ClO4. The second-order valence-electron chi connectivity index (χ2n) is 4.48. The summed E-state index contributed by atoms with van der Waals surface area (Å²) in [6.45, 7) is 2.15. The Morgan fingerprint density at radius 1 is 1.00 bits per heavy atom. The Morgan fingerprint density at radius 3 is 2.36 bits per heavy atom. The molecule has 0 aliphatic carbocycles. The molecule has 0 fully saturated rings. The summed E-state index contributed by atoms with van der Waals surface area (Å²) in [6, 6.07) is 13.7. The van der Waals surface area contributed by atoms with Gasteiger partial charge in [-0.1, -0.05) is 41.9 Å². The number of ether oxygens (including phenoxy) is 2. The first-order valence-electron chi connectivity index (χ1n) is 6.79. The average Bonchev–Trinajstić information content (AvgIpc) is 2.53. The Labute approximate surface area is 133 Å². The van der Waals surface area contributed by atoms with Crippen molar-refractivity contribution in [3.05, 3.63) is 70.2 Å². The number of hydrogen-bond acceptors (Lipinski definition) is 4. The first-order chi connectivity index (χ1) is 10.6. The van der Waals surface area contributed by atoms with E-state index >= 15 is 0 Å². The lowest BCUT2D eigenvalue weighted by molar-refractivity contribution is 0.0469. The average molecular weight is 319 g/mol. The zero-order valence-electron chi connectivity index (χ0n) is 12.0. The third kappa shape index (κ3) is 4.09. The smallest absolute Gasteiger partial charge is 0.339 e. The van der Waals surface area contributed by atoms with Gasteiger partial charge in [0.2, 0.25) is 0 Å². The Kier molecular flexibility index (Phi) is 5.55. The van der Waals surface area contributed by atoms with Crippen molar-refractivity contribution in [2.24, 2.45) is 0 Å². The Balaban J connectivity index is 2.04. The molecule has 2 rings (SSSR count). The van der Waals surface area contributed by atoms with Crippen LogP contribution in [0.1, 0.15) is 33.2 Å². The predicted molar refractivity (Wildman–Crippen MR) is 83.0 cm³/mol. The molecule has 0 spiro atoms. The van der Waals surface area contributed by atoms with E-state index in [0.29, 0.717) is 0 Å². The van der Waals surface area contributed by atoms with E-state index in [-0.39, 0.29) is 29.4 Å². The molecule has 0 amide bonds. The lowest BCUT2D eigenvalue weighted by atomic mass is 10.1. The van der Waals surface area contributed by atoms with Gasteiger partial charge in [0, 0.05) is 0 Å². The molecule has 0 N–H and O–H groups in total. The maximum atomic E-state index is 12.0. The molecule has 0 aliphatic heterocycles. The standard InChI is InChI=1S/C17H15ClO4/c1-2-21-17(20)14-9-8-13(10-15(14)18)16(19)22-11-12-6-4-3-5-7-12/h3-10H,2,11H2,1H3. The second-order valence-corrected chi connectivity index (χ2v) is 4.88. The van der Waals surface area contributed by atoms with E-state index < -0.39 is 11.9 Å². The van der Waals surface area contributed by atoms with Crippen LogP contribution in [-0.4, -0.2) is 18.5 Å². The fourth-order valence-corrected chi connectivity index (χ4v) is 2.08. The molecule has 0 aliphatic rings. The number of halogens is 1. The Morgan fingerprint density at radius 2 is 1.73 bits per heavy atom. The highest BCUT2D eigenvalue weighted by Gasteiger charge is 2.15. The second kappa shape index (κ2) is 7.61. The van der Waals surface area contributed by atoms with Gasteiger partial charge in [-0.3, -0.25) is 0 Å². The van der Waals surface area contributed by atoms with Crippen LogP contribution < -0.4 is 0 Å². The molecular weight excluding hydrogens is 304 g/mol. The van der Waals surface area contributed by atoms with Gasteiger partial charge >= 0.3 is 11.9 Å². The summed E-state index contributed by atoms with van der Waals surface area (Å²) in [7, 11) is 0. The van der Waals surface area contributed by atoms with E-state index in [9.17, 15) is 9.59 Å². The van der Waals surface area contributed by atoms with Gasteiger partial charge in [0.1, 0.15) is 6.61 Å². The minimum Gasteiger partial charge on any atom is -0.462 e. The molecule has 0 saturated carbocycles. The summed E-state index contributed by atoms with van der Waals surface area (Å²) in [5.74, 6) is -1.02. The molecule has 114 valence electrons. The SMILES string of the molecule is CCOC(=O)c1ccc(C(=O)OCc2ccccc2)cc1Cl. The van der Waals surface area contributed by atoms with Crippen molar-refractivity contribution in [1.82, 2.24) is 0 Å². The first kappa shape index (κ1) is 16.0. The van der Waals surface area contributed by atoms with E-state index in [1.807, 2.05) is 30.3 Å². The monoisotopic (exact) mass is 318 g/mol. The van der Waals surface area contributed by atoms with Gasteiger partial charge < -0.3 is 9.47 Å². The van der Waals surface area contributed by atoms with Crippen LogP contribution in [0.15, 0.2) is 48.5 Å². The van der Waals surface area contributed by atoms with Crippen molar-refractivity contribution in [2.75, 3.05) is 6.61 Å². The van der Waals surface area contributed by atoms with Gasteiger partial charge in [0.05, 0.1) is 22.8 Å². The number of hydrogen-bond donors (Lipinski definition) is 0.